The zero-order chi connectivity index (χ0) is 20.5. The molecule has 0 aromatic heterocycles. The van der Waals surface area contributed by atoms with Gasteiger partial charge in [-0.25, -0.2) is 4.79 Å². The molecule has 5 heteroatoms. The first kappa shape index (κ1) is 19.8. The molecule has 5 nitrogen and oxygen atoms in total. The summed E-state index contributed by atoms with van der Waals surface area (Å²) in [7, 11) is 0. The summed E-state index contributed by atoms with van der Waals surface area (Å²) in [5.41, 5.74) is 2.68. The molecule has 1 N–H and O–H groups in total. The Balaban J connectivity index is 1.72. The highest BCUT2D eigenvalue weighted by Crippen LogP contribution is 2.20. The van der Waals surface area contributed by atoms with E-state index >= 15 is 0 Å². The molecule has 3 aromatic carbocycles. The van der Waals surface area contributed by atoms with Gasteiger partial charge in [-0.3, -0.25) is 4.79 Å². The Hall–Kier alpha value is -3.91. The number of hydrogen-bond acceptors (Lipinski definition) is 4. The van der Waals surface area contributed by atoms with E-state index in [2.05, 4.69) is 11.4 Å². The van der Waals surface area contributed by atoms with Gasteiger partial charge in [0.1, 0.15) is 6.61 Å². The maximum absolute atomic E-state index is 12.7. The fourth-order valence-corrected chi connectivity index (χ4v) is 2.88. The Bertz CT molecular complexity index is 994. The van der Waals surface area contributed by atoms with Crippen molar-refractivity contribution in [2.75, 3.05) is 0 Å². The van der Waals surface area contributed by atoms with Gasteiger partial charge >= 0.3 is 6.09 Å². The minimum Gasteiger partial charge on any atom is -0.445 e. The van der Waals surface area contributed by atoms with Gasteiger partial charge in [-0.15, -0.1) is 0 Å². The van der Waals surface area contributed by atoms with Crippen LogP contribution in [-0.4, -0.2) is 11.9 Å². The van der Waals surface area contributed by atoms with Crippen LogP contribution in [0.15, 0.2) is 84.9 Å². The molecule has 0 fully saturated rings. The van der Waals surface area contributed by atoms with E-state index in [1.165, 1.54) is 0 Å². The largest absolute Gasteiger partial charge is 0.445 e. The minimum absolute atomic E-state index is 0.0797. The lowest BCUT2D eigenvalue weighted by Gasteiger charge is -2.19. The molecule has 144 valence electrons. The van der Waals surface area contributed by atoms with Crippen LogP contribution in [0, 0.1) is 11.3 Å². The van der Waals surface area contributed by atoms with Gasteiger partial charge in [0.15, 0.2) is 5.78 Å². The van der Waals surface area contributed by atoms with Crippen molar-refractivity contribution in [1.82, 2.24) is 5.32 Å². The predicted molar refractivity (Wildman–Crippen MR) is 109 cm³/mol. The van der Waals surface area contributed by atoms with Gasteiger partial charge in [0.25, 0.3) is 0 Å². The smallest absolute Gasteiger partial charge is 0.407 e. The standard InChI is InChI=1S/C24H20N2O3/c25-16-18-11-13-20(14-12-18)22(15-23(27)21-9-5-2-6-10-21)26-24(28)29-17-19-7-3-1-4-8-19/h1-14,22H,15,17H2,(H,26,28). The fraction of sp³-hybridized carbons (Fsp3) is 0.125. The lowest BCUT2D eigenvalue weighted by molar-refractivity contribution is 0.0963. The number of hydrogen-bond donors (Lipinski definition) is 1. The number of carbonyl (C=O) groups is 2. The first-order valence-electron chi connectivity index (χ1n) is 9.21. The van der Waals surface area contributed by atoms with Crippen molar-refractivity contribution >= 4 is 11.9 Å². The number of nitrogens with zero attached hydrogens (tertiary/aromatic N) is 1. The van der Waals surface area contributed by atoms with Crippen LogP contribution >= 0.6 is 0 Å². The van der Waals surface area contributed by atoms with Crippen LogP contribution in [0.25, 0.3) is 0 Å². The van der Waals surface area contributed by atoms with Crippen molar-refractivity contribution in [1.29, 1.82) is 5.26 Å². The number of ketones is 1. The van der Waals surface area contributed by atoms with E-state index in [4.69, 9.17) is 10.00 Å². The molecule has 0 aliphatic heterocycles. The van der Waals surface area contributed by atoms with Crippen LogP contribution in [0.4, 0.5) is 4.79 Å². The van der Waals surface area contributed by atoms with E-state index in [-0.39, 0.29) is 18.8 Å². The highest BCUT2D eigenvalue weighted by molar-refractivity contribution is 5.96. The molecule has 0 aliphatic rings. The second kappa shape index (κ2) is 9.86. The van der Waals surface area contributed by atoms with Crippen LogP contribution in [0.5, 0.6) is 0 Å². The van der Waals surface area contributed by atoms with E-state index < -0.39 is 12.1 Å². The van der Waals surface area contributed by atoms with Crippen LogP contribution in [0.2, 0.25) is 0 Å². The number of carbonyl (C=O) groups excluding carboxylic acids is 2. The molecule has 0 radical (unpaired) electrons. The lowest BCUT2D eigenvalue weighted by Crippen LogP contribution is -2.30. The summed E-state index contributed by atoms with van der Waals surface area (Å²) in [6.07, 6.45) is -0.528. The van der Waals surface area contributed by atoms with Gasteiger partial charge in [0.05, 0.1) is 17.7 Å². The third-order valence-electron chi connectivity index (χ3n) is 4.43. The van der Waals surface area contributed by atoms with Gasteiger partial charge in [0.2, 0.25) is 0 Å². The summed E-state index contributed by atoms with van der Waals surface area (Å²) in [5, 5.41) is 11.8. The van der Waals surface area contributed by atoms with Gasteiger partial charge in [-0.2, -0.15) is 5.26 Å². The van der Waals surface area contributed by atoms with Crippen molar-refractivity contribution in [2.45, 2.75) is 19.1 Å². The maximum atomic E-state index is 12.7. The summed E-state index contributed by atoms with van der Waals surface area (Å²) in [6, 6.07) is 26.6. The first-order chi connectivity index (χ1) is 14.2. The second-order valence-corrected chi connectivity index (χ2v) is 6.49. The molecule has 29 heavy (non-hydrogen) atoms. The average Bonchev–Trinajstić information content (AvgIpc) is 2.78. The van der Waals surface area contributed by atoms with Gasteiger partial charge in [0, 0.05) is 12.0 Å². The summed E-state index contributed by atoms with van der Waals surface area (Å²) >= 11 is 0. The Kier molecular flexibility index (Phi) is 6.75. The van der Waals surface area contributed by atoms with E-state index in [1.807, 2.05) is 36.4 Å². The van der Waals surface area contributed by atoms with Crippen molar-refractivity contribution in [3.63, 3.8) is 0 Å². The summed E-state index contributed by atoms with van der Waals surface area (Å²) in [5.74, 6) is -0.0941. The molecule has 0 aliphatic carbocycles. The number of rotatable bonds is 7. The highest BCUT2D eigenvalue weighted by Gasteiger charge is 2.20. The third kappa shape index (κ3) is 5.78. The number of benzene rings is 3. The van der Waals surface area contributed by atoms with E-state index in [0.29, 0.717) is 11.1 Å². The van der Waals surface area contributed by atoms with Crippen molar-refractivity contribution in [2.24, 2.45) is 0 Å². The Morgan fingerprint density at radius 3 is 2.14 bits per heavy atom. The predicted octanol–water partition coefficient (Wildman–Crippen LogP) is 4.80. The number of alkyl carbamates (subject to hydrolysis) is 1. The Labute approximate surface area is 169 Å². The fourth-order valence-electron chi connectivity index (χ4n) is 2.88. The monoisotopic (exact) mass is 384 g/mol. The Morgan fingerprint density at radius 1 is 0.897 bits per heavy atom. The molecule has 0 bridgehead atoms. The van der Waals surface area contributed by atoms with Crippen LogP contribution in [0.1, 0.15) is 39.5 Å². The molecule has 0 heterocycles. The molecule has 0 saturated heterocycles. The molecule has 3 rings (SSSR count). The van der Waals surface area contributed by atoms with E-state index in [0.717, 1.165) is 11.1 Å². The molecular formula is C24H20N2O3. The minimum atomic E-state index is -0.607. The number of ether oxygens (including phenoxy) is 1. The zero-order valence-corrected chi connectivity index (χ0v) is 15.7. The average molecular weight is 384 g/mol. The molecule has 3 aromatic rings. The van der Waals surface area contributed by atoms with Crippen molar-refractivity contribution in [3.05, 3.63) is 107 Å². The number of amides is 1. The van der Waals surface area contributed by atoms with E-state index in [9.17, 15) is 9.59 Å². The van der Waals surface area contributed by atoms with Crippen LogP contribution in [0.3, 0.4) is 0 Å². The quantitative estimate of drug-likeness (QED) is 0.594. The van der Waals surface area contributed by atoms with Crippen LogP contribution in [-0.2, 0) is 11.3 Å². The van der Waals surface area contributed by atoms with Crippen LogP contribution < -0.4 is 5.32 Å². The topological polar surface area (TPSA) is 79.2 Å². The lowest BCUT2D eigenvalue weighted by atomic mass is 9.97. The van der Waals surface area contributed by atoms with Gasteiger partial charge in [-0.05, 0) is 23.3 Å². The van der Waals surface area contributed by atoms with Crippen molar-refractivity contribution < 1.29 is 14.3 Å². The molecule has 1 atom stereocenters. The third-order valence-corrected chi connectivity index (χ3v) is 4.43. The first-order valence-corrected chi connectivity index (χ1v) is 9.21. The zero-order valence-electron chi connectivity index (χ0n) is 15.7. The highest BCUT2D eigenvalue weighted by atomic mass is 16.5. The van der Waals surface area contributed by atoms with Crippen molar-refractivity contribution in [3.8, 4) is 6.07 Å². The SMILES string of the molecule is N#Cc1ccc(C(CC(=O)c2ccccc2)NC(=O)OCc2ccccc2)cc1. The van der Waals surface area contributed by atoms with Gasteiger partial charge in [-0.1, -0.05) is 72.8 Å². The van der Waals surface area contributed by atoms with Gasteiger partial charge < -0.3 is 10.1 Å². The summed E-state index contributed by atoms with van der Waals surface area (Å²) in [6.45, 7) is 0.138. The summed E-state index contributed by atoms with van der Waals surface area (Å²) in [4.78, 5) is 25.0. The molecule has 1 unspecified atom stereocenters. The molecule has 0 saturated carbocycles. The summed E-state index contributed by atoms with van der Waals surface area (Å²) < 4.78 is 5.30. The Morgan fingerprint density at radius 2 is 1.52 bits per heavy atom. The van der Waals surface area contributed by atoms with E-state index in [1.54, 1.807) is 48.5 Å². The second-order valence-electron chi connectivity index (χ2n) is 6.49. The normalized spacial score (nSPS) is 11.1. The number of nitrogens with one attached hydrogen (secondary N) is 1. The number of Topliss-reactive ketones (excluding diaryl/α,β-unsaturated/α-hetero) is 1. The maximum Gasteiger partial charge on any atom is 0.407 e. The molecule has 0 spiro atoms. The molecular weight excluding hydrogens is 364 g/mol. The number of nitriles is 1. The molecule has 1 amide bonds.